The molecule has 0 aliphatic rings. The van der Waals surface area contributed by atoms with Crippen LogP contribution in [0.25, 0.3) is 0 Å². The molecule has 5 nitrogen and oxygen atoms in total. The number of carbonyl (C=O) groups is 2. The number of carboxylic acids is 1. The van der Waals surface area contributed by atoms with E-state index in [0.29, 0.717) is 6.42 Å². The smallest absolute Gasteiger partial charge is 0.328 e. The van der Waals surface area contributed by atoms with E-state index >= 15 is 0 Å². The van der Waals surface area contributed by atoms with E-state index in [1.807, 2.05) is 12.3 Å². The Morgan fingerprint density at radius 3 is 3.00 bits per heavy atom. The molecular weight excluding hydrogens is 284 g/mol. The van der Waals surface area contributed by atoms with Crippen molar-refractivity contribution in [1.29, 1.82) is 0 Å². The summed E-state index contributed by atoms with van der Waals surface area (Å²) >= 11 is 3.29. The van der Waals surface area contributed by atoms with Crippen LogP contribution in [0, 0.1) is 6.92 Å². The lowest BCUT2D eigenvalue weighted by Crippen LogP contribution is -2.23. The maximum absolute atomic E-state index is 11.4. The van der Waals surface area contributed by atoms with Crippen LogP contribution in [0.2, 0.25) is 0 Å². The SMILES string of the molecule is Cc1nc(CSCCC(=O)NC/C=C/C(=O)O)cs1. The molecule has 1 amide bonds. The molecule has 19 heavy (non-hydrogen) atoms. The third-order valence-corrected chi connectivity index (χ3v) is 3.88. The Morgan fingerprint density at radius 1 is 1.58 bits per heavy atom. The molecule has 0 fully saturated rings. The molecule has 0 radical (unpaired) electrons. The summed E-state index contributed by atoms with van der Waals surface area (Å²) < 4.78 is 0. The minimum atomic E-state index is -1.01. The first-order valence-corrected chi connectivity index (χ1v) is 7.76. The van der Waals surface area contributed by atoms with Crippen LogP contribution in [0.4, 0.5) is 0 Å². The Labute approximate surface area is 120 Å². The average Bonchev–Trinajstić information content (AvgIpc) is 2.76. The van der Waals surface area contributed by atoms with Crippen LogP contribution in [0.1, 0.15) is 17.1 Å². The molecule has 0 atom stereocenters. The zero-order valence-corrected chi connectivity index (χ0v) is 12.2. The molecule has 0 saturated heterocycles. The maximum Gasteiger partial charge on any atom is 0.328 e. The average molecular weight is 300 g/mol. The predicted molar refractivity (Wildman–Crippen MR) is 77.4 cm³/mol. The van der Waals surface area contributed by atoms with Crippen LogP contribution in [-0.2, 0) is 15.3 Å². The quantitative estimate of drug-likeness (QED) is 0.565. The number of nitrogens with zero attached hydrogens (tertiary/aromatic N) is 1. The van der Waals surface area contributed by atoms with Gasteiger partial charge < -0.3 is 10.4 Å². The van der Waals surface area contributed by atoms with E-state index in [9.17, 15) is 9.59 Å². The number of aryl methyl sites for hydroxylation is 1. The third-order valence-electron chi connectivity index (χ3n) is 2.07. The molecule has 104 valence electrons. The van der Waals surface area contributed by atoms with Crippen LogP contribution in [-0.4, -0.2) is 34.3 Å². The second-order valence-electron chi connectivity index (χ2n) is 3.71. The number of thioether (sulfide) groups is 1. The Kier molecular flexibility index (Phi) is 7.20. The molecule has 1 heterocycles. The molecule has 7 heteroatoms. The first kappa shape index (κ1) is 15.7. The largest absolute Gasteiger partial charge is 0.478 e. The van der Waals surface area contributed by atoms with Crippen molar-refractivity contribution in [2.75, 3.05) is 12.3 Å². The van der Waals surface area contributed by atoms with Gasteiger partial charge in [-0.3, -0.25) is 4.79 Å². The van der Waals surface area contributed by atoms with Crippen molar-refractivity contribution in [3.63, 3.8) is 0 Å². The summed E-state index contributed by atoms with van der Waals surface area (Å²) in [5, 5.41) is 14.1. The number of amides is 1. The van der Waals surface area contributed by atoms with Crippen molar-refractivity contribution < 1.29 is 14.7 Å². The molecular formula is C12H16N2O3S2. The van der Waals surface area contributed by atoms with E-state index in [2.05, 4.69) is 10.3 Å². The second-order valence-corrected chi connectivity index (χ2v) is 5.87. The van der Waals surface area contributed by atoms with Gasteiger partial charge in [-0.1, -0.05) is 6.08 Å². The standard InChI is InChI=1S/C12H16N2O3S2/c1-9-14-10(8-19-9)7-18-6-4-11(15)13-5-2-3-12(16)17/h2-3,8H,4-7H2,1H3,(H,13,15)(H,16,17)/b3-2+. The topological polar surface area (TPSA) is 79.3 Å². The van der Waals surface area contributed by atoms with Gasteiger partial charge in [-0.2, -0.15) is 11.8 Å². The van der Waals surface area contributed by atoms with Crippen molar-refractivity contribution in [2.24, 2.45) is 0 Å². The molecule has 1 aromatic heterocycles. The number of carbonyl (C=O) groups excluding carboxylic acids is 1. The number of nitrogens with one attached hydrogen (secondary N) is 1. The lowest BCUT2D eigenvalue weighted by molar-refractivity contribution is -0.131. The van der Waals surface area contributed by atoms with Gasteiger partial charge in [0.25, 0.3) is 0 Å². The Balaban J connectivity index is 2.05. The summed E-state index contributed by atoms with van der Waals surface area (Å²) in [4.78, 5) is 25.9. The van der Waals surface area contributed by atoms with Gasteiger partial charge in [-0.05, 0) is 6.92 Å². The molecule has 1 rings (SSSR count). The molecule has 0 saturated carbocycles. The monoisotopic (exact) mass is 300 g/mol. The molecule has 0 bridgehead atoms. The van der Waals surface area contributed by atoms with E-state index in [4.69, 9.17) is 5.11 Å². The molecule has 0 unspecified atom stereocenters. The van der Waals surface area contributed by atoms with Crippen molar-refractivity contribution >= 4 is 35.0 Å². The molecule has 1 aromatic rings. The fourth-order valence-corrected chi connectivity index (χ4v) is 2.79. The fourth-order valence-electron chi connectivity index (χ4n) is 1.24. The van der Waals surface area contributed by atoms with Crippen molar-refractivity contribution in [3.05, 3.63) is 28.2 Å². The highest BCUT2D eigenvalue weighted by atomic mass is 32.2. The summed E-state index contributed by atoms with van der Waals surface area (Å²) in [7, 11) is 0. The van der Waals surface area contributed by atoms with Gasteiger partial charge in [-0.25, -0.2) is 9.78 Å². The zero-order valence-electron chi connectivity index (χ0n) is 10.6. The van der Waals surface area contributed by atoms with E-state index in [1.54, 1.807) is 23.1 Å². The first-order chi connectivity index (χ1) is 9.08. The number of thiazole rings is 1. The first-order valence-electron chi connectivity index (χ1n) is 5.73. The summed E-state index contributed by atoms with van der Waals surface area (Å²) in [6.45, 7) is 2.22. The molecule has 0 aliphatic carbocycles. The van der Waals surface area contributed by atoms with E-state index in [0.717, 1.165) is 28.3 Å². The number of hydrogen-bond donors (Lipinski definition) is 2. The van der Waals surface area contributed by atoms with Crippen LogP contribution in [0.3, 0.4) is 0 Å². The van der Waals surface area contributed by atoms with Gasteiger partial charge in [-0.15, -0.1) is 11.3 Å². The van der Waals surface area contributed by atoms with E-state index in [-0.39, 0.29) is 12.5 Å². The molecule has 0 aliphatic heterocycles. The normalized spacial score (nSPS) is 10.8. The van der Waals surface area contributed by atoms with Gasteiger partial charge in [0.15, 0.2) is 0 Å². The number of aromatic nitrogens is 1. The Hall–Kier alpha value is -1.34. The van der Waals surface area contributed by atoms with Gasteiger partial charge in [0.2, 0.25) is 5.91 Å². The minimum absolute atomic E-state index is 0.0722. The highest BCUT2D eigenvalue weighted by molar-refractivity contribution is 7.98. The van der Waals surface area contributed by atoms with Crippen LogP contribution < -0.4 is 5.32 Å². The van der Waals surface area contributed by atoms with Crippen LogP contribution in [0.15, 0.2) is 17.5 Å². The highest BCUT2D eigenvalue weighted by Gasteiger charge is 2.02. The van der Waals surface area contributed by atoms with E-state index in [1.165, 1.54) is 6.08 Å². The molecule has 0 aromatic carbocycles. The second kappa shape index (κ2) is 8.71. The minimum Gasteiger partial charge on any atom is -0.478 e. The highest BCUT2D eigenvalue weighted by Crippen LogP contribution is 2.15. The molecule has 0 spiro atoms. The maximum atomic E-state index is 11.4. The van der Waals surface area contributed by atoms with Gasteiger partial charge in [0, 0.05) is 35.9 Å². The lowest BCUT2D eigenvalue weighted by atomic mass is 10.4. The number of hydrogen-bond acceptors (Lipinski definition) is 5. The van der Waals surface area contributed by atoms with Gasteiger partial charge >= 0.3 is 5.97 Å². The summed E-state index contributed by atoms with van der Waals surface area (Å²) in [6.07, 6.45) is 2.85. The predicted octanol–water partition coefficient (Wildman–Crippen LogP) is 1.83. The van der Waals surface area contributed by atoms with Crippen molar-refractivity contribution in [1.82, 2.24) is 10.3 Å². The third kappa shape index (κ3) is 7.63. The van der Waals surface area contributed by atoms with Crippen LogP contribution in [0.5, 0.6) is 0 Å². The Morgan fingerprint density at radius 2 is 2.37 bits per heavy atom. The van der Waals surface area contributed by atoms with Gasteiger partial charge in [0.1, 0.15) is 0 Å². The fraction of sp³-hybridized carbons (Fsp3) is 0.417. The number of rotatable bonds is 8. The number of carboxylic acid groups (broad SMARTS) is 1. The van der Waals surface area contributed by atoms with Crippen molar-refractivity contribution in [2.45, 2.75) is 19.1 Å². The van der Waals surface area contributed by atoms with Crippen molar-refractivity contribution in [3.8, 4) is 0 Å². The summed E-state index contributed by atoms with van der Waals surface area (Å²) in [6, 6.07) is 0. The number of aliphatic carboxylic acids is 1. The van der Waals surface area contributed by atoms with Crippen LogP contribution >= 0.6 is 23.1 Å². The van der Waals surface area contributed by atoms with E-state index < -0.39 is 5.97 Å². The summed E-state index contributed by atoms with van der Waals surface area (Å²) in [5.41, 5.74) is 1.05. The zero-order chi connectivity index (χ0) is 14.1. The Bertz CT molecular complexity index is 458. The van der Waals surface area contributed by atoms with Gasteiger partial charge in [0.05, 0.1) is 10.7 Å². The summed E-state index contributed by atoms with van der Waals surface area (Å²) in [5.74, 6) is 0.460. The lowest BCUT2D eigenvalue weighted by Gasteiger charge is -2.01. The molecule has 2 N–H and O–H groups in total.